The molecule has 0 aliphatic carbocycles. The van der Waals surface area contributed by atoms with Crippen molar-refractivity contribution in [2.24, 2.45) is 0 Å². The molecule has 1 aliphatic rings. The number of pyridine rings is 1. The first-order chi connectivity index (χ1) is 16.7. The Balaban J connectivity index is 1.44. The van der Waals surface area contributed by atoms with Crippen molar-refractivity contribution in [2.45, 2.75) is 11.4 Å². The highest BCUT2D eigenvalue weighted by Crippen LogP contribution is 2.23. The van der Waals surface area contributed by atoms with Crippen LogP contribution >= 0.6 is 0 Å². The minimum atomic E-state index is -2.88. The van der Waals surface area contributed by atoms with E-state index in [1.165, 1.54) is 47.8 Å². The summed E-state index contributed by atoms with van der Waals surface area (Å²) in [5, 5.41) is 2.26. The Morgan fingerprint density at radius 1 is 1.03 bits per heavy atom. The van der Waals surface area contributed by atoms with Gasteiger partial charge in [-0.1, -0.05) is 6.07 Å². The van der Waals surface area contributed by atoms with Crippen molar-refractivity contribution >= 4 is 44.2 Å². The molecule has 2 N–H and O–H groups in total. The predicted octanol–water partition coefficient (Wildman–Crippen LogP) is -0.0663. The molecule has 13 heteroatoms. The molecule has 4 heterocycles. The molecule has 5 rings (SSSR count). The molecule has 1 atom stereocenters. The van der Waals surface area contributed by atoms with Crippen molar-refractivity contribution in [2.75, 3.05) is 0 Å². The van der Waals surface area contributed by atoms with Crippen LogP contribution in [-0.2, 0) is 16.3 Å². The molecule has 3 amide bonds. The number of nitrogens with zero attached hydrogens (tertiary/aromatic N) is 5. The summed E-state index contributed by atoms with van der Waals surface area (Å²) < 4.78 is 16.0. The van der Waals surface area contributed by atoms with Crippen LogP contribution in [0.5, 0.6) is 0 Å². The van der Waals surface area contributed by atoms with E-state index in [1.54, 1.807) is 12.1 Å². The van der Waals surface area contributed by atoms with Crippen molar-refractivity contribution < 1.29 is 18.6 Å². The van der Waals surface area contributed by atoms with E-state index in [9.17, 15) is 23.4 Å². The van der Waals surface area contributed by atoms with E-state index in [4.69, 9.17) is 0 Å². The maximum absolute atomic E-state index is 13.1. The number of fused-ring (bicyclic) bond motifs is 2. The van der Waals surface area contributed by atoms with Crippen LogP contribution in [0.1, 0.15) is 36.9 Å². The van der Waals surface area contributed by atoms with Crippen LogP contribution in [-0.4, -0.2) is 52.3 Å². The summed E-state index contributed by atoms with van der Waals surface area (Å²) in [6.07, 6.45) is 6.48. The van der Waals surface area contributed by atoms with Crippen molar-refractivity contribution in [1.82, 2.24) is 34.5 Å². The van der Waals surface area contributed by atoms with Crippen molar-refractivity contribution in [3.63, 3.8) is 0 Å². The van der Waals surface area contributed by atoms with Gasteiger partial charge in [0.2, 0.25) is 0 Å². The maximum Gasteiger partial charge on any atom is 0.278 e. The first-order valence-corrected chi connectivity index (χ1v) is 11.7. The van der Waals surface area contributed by atoms with Crippen LogP contribution in [0.2, 0.25) is 0 Å². The molecular weight excluding hydrogens is 474 g/mol. The molecule has 174 valence electrons. The van der Waals surface area contributed by atoms with Crippen LogP contribution in [0.3, 0.4) is 0 Å². The van der Waals surface area contributed by atoms with Crippen LogP contribution < -0.4 is 15.6 Å². The van der Waals surface area contributed by atoms with Crippen molar-refractivity contribution in [3.05, 3.63) is 88.2 Å². The van der Waals surface area contributed by atoms with Crippen LogP contribution in [0.15, 0.2) is 65.1 Å². The molecule has 3 aromatic heterocycles. The number of carbonyl (C=O) groups is 3. The Hall–Kier alpha value is -4.78. The van der Waals surface area contributed by atoms with E-state index in [0.29, 0.717) is 10.5 Å². The Kier molecular flexibility index (Phi) is 5.17. The summed E-state index contributed by atoms with van der Waals surface area (Å²) in [6.45, 7) is 0.0652. The first kappa shape index (κ1) is 22.0. The second kappa shape index (κ2) is 8.22. The number of nitrogens with one attached hydrogen (secondary N) is 2. The fraction of sp³-hybridized carbons (Fsp3) is 0.0455. The SMILES string of the molecule is C=S1(=O)NC(=O)c2cc(Cn3cnc4cnc(C(=O)NC(=O)c5cnccn5)cc4c3=O)ccc21. The lowest BCUT2D eigenvalue weighted by Crippen LogP contribution is -2.32. The molecular formula is C22H15N7O5S. The van der Waals surface area contributed by atoms with Crippen LogP contribution in [0, 0.1) is 0 Å². The Morgan fingerprint density at radius 2 is 1.83 bits per heavy atom. The molecule has 4 aromatic rings. The molecule has 0 radical (unpaired) electrons. The lowest BCUT2D eigenvalue weighted by atomic mass is 10.1. The third-order valence-electron chi connectivity index (χ3n) is 5.22. The summed E-state index contributed by atoms with van der Waals surface area (Å²) in [5.41, 5.74) is 0.418. The average Bonchev–Trinajstić information content (AvgIpc) is 3.08. The van der Waals surface area contributed by atoms with Gasteiger partial charge >= 0.3 is 0 Å². The largest absolute Gasteiger partial charge is 0.294 e. The molecule has 1 aromatic carbocycles. The van der Waals surface area contributed by atoms with Gasteiger partial charge in [-0.25, -0.2) is 19.2 Å². The second-order valence-corrected chi connectivity index (χ2v) is 9.57. The van der Waals surface area contributed by atoms with Gasteiger partial charge in [0.05, 0.1) is 56.3 Å². The molecule has 0 fully saturated rings. The van der Waals surface area contributed by atoms with Gasteiger partial charge in [0.25, 0.3) is 23.3 Å². The highest BCUT2D eigenvalue weighted by Gasteiger charge is 2.28. The number of hydrogen-bond donors (Lipinski definition) is 2. The summed E-state index contributed by atoms with van der Waals surface area (Å²) in [7, 11) is -2.88. The Morgan fingerprint density at radius 3 is 2.60 bits per heavy atom. The van der Waals surface area contributed by atoms with E-state index in [2.05, 4.69) is 35.8 Å². The predicted molar refractivity (Wildman–Crippen MR) is 124 cm³/mol. The zero-order valence-electron chi connectivity index (χ0n) is 17.8. The number of amides is 3. The molecule has 0 saturated heterocycles. The fourth-order valence-electron chi connectivity index (χ4n) is 3.54. The number of benzene rings is 1. The molecule has 35 heavy (non-hydrogen) atoms. The van der Waals surface area contributed by atoms with Gasteiger partial charge in [-0.3, -0.25) is 38.8 Å². The summed E-state index contributed by atoms with van der Waals surface area (Å²) >= 11 is 0. The van der Waals surface area contributed by atoms with Gasteiger partial charge < -0.3 is 0 Å². The molecule has 1 aliphatic heterocycles. The van der Waals surface area contributed by atoms with Gasteiger partial charge in [-0.15, -0.1) is 0 Å². The highest BCUT2D eigenvalue weighted by molar-refractivity contribution is 7.99. The number of imide groups is 1. The van der Waals surface area contributed by atoms with Gasteiger partial charge in [-0.2, -0.15) is 0 Å². The summed E-state index contributed by atoms with van der Waals surface area (Å²) in [4.78, 5) is 66.0. The van der Waals surface area contributed by atoms with Crippen LogP contribution in [0.25, 0.3) is 10.9 Å². The standard InChI is InChI=1S/C22H15N7O5S/c1-35(34)18-3-2-12(6-14(18)19(30)28-35)10-29-11-26-16-9-25-15(7-13(16)22(29)33)20(31)27-21(32)17-8-23-4-5-24-17/h2-9,11H,1,10H2,(H,27,31,32)(H,28,30,34). The van der Waals surface area contributed by atoms with Crippen molar-refractivity contribution in [3.8, 4) is 0 Å². The zero-order valence-corrected chi connectivity index (χ0v) is 18.6. The van der Waals surface area contributed by atoms with Gasteiger partial charge in [0.1, 0.15) is 11.4 Å². The molecule has 12 nitrogen and oxygen atoms in total. The molecule has 0 spiro atoms. The quantitative estimate of drug-likeness (QED) is 0.295. The average molecular weight is 489 g/mol. The Labute approximate surface area is 197 Å². The monoisotopic (exact) mass is 489 g/mol. The van der Waals surface area contributed by atoms with Gasteiger partial charge in [0.15, 0.2) is 0 Å². The van der Waals surface area contributed by atoms with Crippen LogP contribution in [0.4, 0.5) is 0 Å². The smallest absolute Gasteiger partial charge is 0.278 e. The van der Waals surface area contributed by atoms with E-state index < -0.39 is 33.0 Å². The second-order valence-electron chi connectivity index (χ2n) is 7.58. The molecule has 1 unspecified atom stereocenters. The van der Waals surface area contributed by atoms with E-state index in [1.807, 2.05) is 0 Å². The lowest BCUT2D eigenvalue weighted by Gasteiger charge is -2.09. The fourth-order valence-corrected chi connectivity index (χ4v) is 4.86. The number of hydrogen-bond acceptors (Lipinski definition) is 9. The number of carbonyl (C=O) groups excluding carboxylic acids is 3. The van der Waals surface area contributed by atoms with Crippen molar-refractivity contribution in [1.29, 1.82) is 0 Å². The third kappa shape index (κ3) is 4.04. The minimum absolute atomic E-state index is 0.0524. The highest BCUT2D eigenvalue weighted by atomic mass is 32.2. The van der Waals surface area contributed by atoms with Gasteiger partial charge in [0, 0.05) is 12.4 Å². The third-order valence-corrected chi connectivity index (χ3v) is 6.80. The molecule has 0 bridgehead atoms. The topological polar surface area (TPSA) is 166 Å². The summed E-state index contributed by atoms with van der Waals surface area (Å²) in [6, 6.07) is 5.97. The van der Waals surface area contributed by atoms with E-state index in [-0.39, 0.29) is 34.4 Å². The van der Waals surface area contributed by atoms with E-state index >= 15 is 0 Å². The maximum atomic E-state index is 13.1. The zero-order chi connectivity index (χ0) is 24.7. The number of rotatable bonds is 4. The lowest BCUT2D eigenvalue weighted by molar-refractivity contribution is 0.0842. The minimum Gasteiger partial charge on any atom is -0.294 e. The molecule has 0 saturated carbocycles. The Bertz CT molecular complexity index is 1720. The number of aromatic nitrogens is 5. The van der Waals surface area contributed by atoms with E-state index in [0.717, 1.165) is 0 Å². The normalized spacial score (nSPS) is 16.5. The first-order valence-electron chi connectivity index (χ1n) is 10.0. The van der Waals surface area contributed by atoms with Gasteiger partial charge in [-0.05, 0) is 29.6 Å². The summed E-state index contributed by atoms with van der Waals surface area (Å²) in [5.74, 6) is 1.46.